The summed E-state index contributed by atoms with van der Waals surface area (Å²) in [4.78, 5) is 10.6. The van der Waals surface area contributed by atoms with Crippen LogP contribution in [0, 0.1) is 0 Å². The van der Waals surface area contributed by atoms with E-state index >= 15 is 0 Å². The smallest absolute Gasteiger partial charge is 0.220 e. The Morgan fingerprint density at radius 3 is 1.43 bits per heavy atom. The summed E-state index contributed by atoms with van der Waals surface area (Å²) in [7, 11) is 0. The molecule has 1 aromatic rings. The van der Waals surface area contributed by atoms with Gasteiger partial charge in [-0.05, 0) is 12.1 Å². The first-order valence-electron chi connectivity index (χ1n) is 11.9. The molecule has 155 valence electrons. The zero-order valence-corrected chi connectivity index (χ0v) is 20.4. The summed E-state index contributed by atoms with van der Waals surface area (Å²) in [6, 6.07) is 7.55. The summed E-state index contributed by atoms with van der Waals surface area (Å²) in [6.07, 6.45) is 24.2. The summed E-state index contributed by atoms with van der Waals surface area (Å²) in [5, 5.41) is 8.77. The van der Waals surface area contributed by atoms with Crippen molar-refractivity contribution in [2.24, 2.45) is 0 Å². The van der Waals surface area contributed by atoms with E-state index < -0.39 is 19.8 Å². The molecule has 3 aliphatic carbocycles. The first-order valence-corrected chi connectivity index (χ1v) is 16.8. The van der Waals surface area contributed by atoms with Gasteiger partial charge >= 0.3 is 128 Å². The van der Waals surface area contributed by atoms with E-state index in [4.69, 9.17) is 5.11 Å². The standard InChI is InChI=1S/C7H6O2.3C6H11.Sn/c8-6-4-2-1-3-5-7(6)9;3*1-2-4-6-5-3-1;/h1-5H,(H,8,9);3*1H,2-6H2;. The molecule has 1 radical (unpaired) electrons. The SMILES string of the molecule is C1CC[CH]([Sn]([CH]2CCCCC2)[CH]2CCCCC2)CC1.O=c1cccccc1O. The van der Waals surface area contributed by atoms with Crippen LogP contribution in [0.1, 0.15) is 96.3 Å². The molecule has 1 aromatic carbocycles. The Balaban J connectivity index is 0.000000211. The van der Waals surface area contributed by atoms with Crippen LogP contribution in [0.15, 0.2) is 35.1 Å². The Labute approximate surface area is 178 Å². The van der Waals surface area contributed by atoms with Gasteiger partial charge in [-0.1, -0.05) is 18.2 Å². The zero-order valence-electron chi connectivity index (χ0n) is 17.6. The minimum Gasteiger partial charge on any atom is -0.504 e. The number of hydrogen-bond donors (Lipinski definition) is 1. The molecule has 3 fully saturated rings. The Morgan fingerprint density at radius 1 is 0.607 bits per heavy atom. The molecule has 0 spiro atoms. The van der Waals surface area contributed by atoms with Crippen molar-refractivity contribution in [1.82, 2.24) is 0 Å². The molecule has 2 nitrogen and oxygen atoms in total. The molecule has 0 atom stereocenters. The molecule has 0 heterocycles. The van der Waals surface area contributed by atoms with Crippen LogP contribution in [0.2, 0.25) is 11.8 Å². The maximum atomic E-state index is 10.6. The summed E-state index contributed by atoms with van der Waals surface area (Å²) in [6.45, 7) is 0. The Bertz CT molecular complexity index is 571. The van der Waals surface area contributed by atoms with Gasteiger partial charge in [-0.25, -0.2) is 0 Å². The maximum Gasteiger partial charge on any atom is 0.220 e. The van der Waals surface area contributed by atoms with Gasteiger partial charge in [0.15, 0.2) is 5.75 Å². The second-order valence-corrected chi connectivity index (χ2v) is 19.0. The molecule has 0 aliphatic heterocycles. The van der Waals surface area contributed by atoms with Gasteiger partial charge < -0.3 is 5.11 Å². The van der Waals surface area contributed by atoms with Crippen molar-refractivity contribution in [3.8, 4) is 5.75 Å². The van der Waals surface area contributed by atoms with Crippen LogP contribution in [0.3, 0.4) is 0 Å². The quantitative estimate of drug-likeness (QED) is 0.454. The monoisotopic (exact) mass is 491 g/mol. The van der Waals surface area contributed by atoms with Gasteiger partial charge in [0, 0.05) is 0 Å². The maximum absolute atomic E-state index is 10.6. The predicted molar refractivity (Wildman–Crippen MR) is 121 cm³/mol. The third-order valence-corrected chi connectivity index (χ3v) is 20.2. The molecule has 3 heteroatoms. The molecule has 0 unspecified atom stereocenters. The second-order valence-electron chi connectivity index (χ2n) is 9.16. The van der Waals surface area contributed by atoms with Gasteiger partial charge in [0.05, 0.1) is 0 Å². The molecule has 1 N–H and O–H groups in total. The van der Waals surface area contributed by atoms with E-state index in [0.29, 0.717) is 0 Å². The van der Waals surface area contributed by atoms with Gasteiger partial charge in [0.2, 0.25) is 5.43 Å². The van der Waals surface area contributed by atoms with Crippen LogP contribution in [-0.4, -0.2) is 24.9 Å². The van der Waals surface area contributed by atoms with Crippen molar-refractivity contribution < 1.29 is 5.11 Å². The van der Waals surface area contributed by atoms with E-state index in [1.807, 2.05) is 0 Å². The Kier molecular flexibility index (Phi) is 9.70. The molecule has 3 saturated carbocycles. The molecule has 28 heavy (non-hydrogen) atoms. The van der Waals surface area contributed by atoms with E-state index in [-0.39, 0.29) is 11.2 Å². The number of aromatic hydroxyl groups is 1. The van der Waals surface area contributed by atoms with Gasteiger partial charge in [-0.2, -0.15) is 0 Å². The van der Waals surface area contributed by atoms with Crippen LogP contribution in [0.5, 0.6) is 5.75 Å². The fourth-order valence-electron chi connectivity index (χ4n) is 5.83. The molecule has 4 rings (SSSR count). The van der Waals surface area contributed by atoms with Crippen molar-refractivity contribution in [2.75, 3.05) is 0 Å². The van der Waals surface area contributed by atoms with Crippen LogP contribution >= 0.6 is 0 Å². The first-order chi connectivity index (χ1) is 13.8. The van der Waals surface area contributed by atoms with Gasteiger partial charge in [0.25, 0.3) is 0 Å². The van der Waals surface area contributed by atoms with Crippen molar-refractivity contribution in [1.29, 1.82) is 0 Å². The fourth-order valence-corrected chi connectivity index (χ4v) is 20.7. The van der Waals surface area contributed by atoms with E-state index in [2.05, 4.69) is 0 Å². The minimum atomic E-state index is -1.15. The molecular formula is C25H39O2Sn. The van der Waals surface area contributed by atoms with Crippen LogP contribution < -0.4 is 5.43 Å². The second kappa shape index (κ2) is 12.2. The summed E-state index contributed by atoms with van der Waals surface area (Å²) in [5.74, 6) is -0.208. The van der Waals surface area contributed by atoms with Crippen LogP contribution in [0.25, 0.3) is 0 Å². The minimum absolute atomic E-state index is 0.208. The third-order valence-electron chi connectivity index (χ3n) is 7.21. The number of hydrogen-bond acceptors (Lipinski definition) is 2. The molecule has 3 aliphatic rings. The van der Waals surface area contributed by atoms with Crippen LogP contribution in [-0.2, 0) is 0 Å². The largest absolute Gasteiger partial charge is 0.504 e. The van der Waals surface area contributed by atoms with Gasteiger partial charge in [-0.15, -0.1) is 0 Å². The third kappa shape index (κ3) is 6.78. The predicted octanol–water partition coefficient (Wildman–Crippen LogP) is 7.24. The van der Waals surface area contributed by atoms with E-state index in [1.54, 1.807) is 115 Å². The van der Waals surface area contributed by atoms with Crippen molar-refractivity contribution in [3.63, 3.8) is 0 Å². The molecule has 0 bridgehead atoms. The zero-order chi connectivity index (χ0) is 19.6. The van der Waals surface area contributed by atoms with Crippen molar-refractivity contribution in [3.05, 3.63) is 40.6 Å². The van der Waals surface area contributed by atoms with Gasteiger partial charge in [0.1, 0.15) is 0 Å². The van der Waals surface area contributed by atoms with E-state index in [1.165, 1.54) is 23.9 Å². The topological polar surface area (TPSA) is 37.3 Å². The van der Waals surface area contributed by atoms with Crippen molar-refractivity contribution in [2.45, 2.75) is 108 Å². The average molecular weight is 490 g/mol. The summed E-state index contributed by atoms with van der Waals surface area (Å²) < 4.78 is 3.96. The molecular weight excluding hydrogens is 451 g/mol. The van der Waals surface area contributed by atoms with E-state index in [9.17, 15) is 4.79 Å². The van der Waals surface area contributed by atoms with Crippen LogP contribution in [0.4, 0.5) is 0 Å². The molecule has 0 aromatic heterocycles. The normalized spacial score (nSPS) is 22.5. The van der Waals surface area contributed by atoms with Crippen molar-refractivity contribution >= 4 is 19.8 Å². The van der Waals surface area contributed by atoms with Gasteiger partial charge in [-0.3, -0.25) is 4.79 Å². The average Bonchev–Trinajstić information content (AvgIpc) is 2.95. The molecule has 0 amide bonds. The Morgan fingerprint density at radius 2 is 1.00 bits per heavy atom. The Hall–Kier alpha value is -0.511. The molecule has 0 saturated heterocycles. The van der Waals surface area contributed by atoms with E-state index in [0.717, 1.165) is 0 Å². The fraction of sp³-hybridized carbons (Fsp3) is 0.720. The summed E-state index contributed by atoms with van der Waals surface area (Å²) in [5.41, 5.74) is -0.347. The first kappa shape index (κ1) is 22.2. The number of rotatable bonds is 3. The summed E-state index contributed by atoms with van der Waals surface area (Å²) >= 11 is -1.15.